The van der Waals surface area contributed by atoms with Gasteiger partial charge in [-0.15, -0.1) is 0 Å². The van der Waals surface area contributed by atoms with Crippen molar-refractivity contribution in [2.45, 2.75) is 0 Å². The minimum atomic E-state index is 0.528. The minimum Gasteiger partial charge on any atom is -0.453 e. The molecule has 0 amide bonds. The second-order valence-electron chi connectivity index (χ2n) is 10.7. The number of para-hydroxylation sites is 6. The molecule has 3 aromatic heterocycles. The summed E-state index contributed by atoms with van der Waals surface area (Å²) in [5.74, 6) is 2.60. The van der Waals surface area contributed by atoms with Crippen molar-refractivity contribution >= 4 is 50.2 Å². The van der Waals surface area contributed by atoms with Crippen molar-refractivity contribution < 1.29 is 4.74 Å². The Morgan fingerprint density at radius 1 is 0.465 bits per heavy atom. The van der Waals surface area contributed by atoms with Crippen LogP contribution in [0.25, 0.3) is 61.3 Å². The van der Waals surface area contributed by atoms with Crippen molar-refractivity contribution in [1.82, 2.24) is 24.5 Å². The standard InChI is InChI=1S/C36H20N6O/c1-2-14-24-23(13-1)32-31-33(24)38-36(42-27-17-7-9-19-29(27)43-30-20-10-8-18-28(30)42)40-34(31)39-35(37-32)41-25-15-5-3-11-21(25)22-12-4-6-16-26(22)41/h1-20H. The monoisotopic (exact) mass is 552 g/mol. The third-order valence-corrected chi connectivity index (χ3v) is 8.38. The predicted octanol–water partition coefficient (Wildman–Crippen LogP) is 8.74. The molecule has 4 heterocycles. The van der Waals surface area contributed by atoms with Crippen LogP contribution in [0.3, 0.4) is 0 Å². The van der Waals surface area contributed by atoms with Crippen molar-refractivity contribution in [1.29, 1.82) is 0 Å². The summed E-state index contributed by atoms with van der Waals surface area (Å²) in [4.78, 5) is 22.8. The first-order valence-corrected chi connectivity index (χ1v) is 14.2. The third-order valence-electron chi connectivity index (χ3n) is 8.38. The molecule has 8 aromatic rings. The number of rotatable bonds is 2. The molecule has 200 valence electrons. The molecule has 0 fully saturated rings. The number of hydrogen-bond acceptors (Lipinski definition) is 6. The number of ether oxygens (including phenoxy) is 1. The van der Waals surface area contributed by atoms with Gasteiger partial charge in [0.1, 0.15) is 0 Å². The molecule has 0 bridgehead atoms. The molecule has 0 radical (unpaired) electrons. The Bertz CT molecular complexity index is 2370. The van der Waals surface area contributed by atoms with Crippen molar-refractivity contribution in [3.05, 3.63) is 121 Å². The molecule has 1 aliphatic carbocycles. The van der Waals surface area contributed by atoms with E-state index in [0.29, 0.717) is 17.5 Å². The average Bonchev–Trinajstić information content (AvgIpc) is 3.57. The van der Waals surface area contributed by atoms with Crippen LogP contribution in [-0.4, -0.2) is 24.5 Å². The number of aromatic nitrogens is 5. The van der Waals surface area contributed by atoms with Gasteiger partial charge in [0.2, 0.25) is 11.9 Å². The molecule has 0 spiro atoms. The lowest BCUT2D eigenvalue weighted by Gasteiger charge is -2.31. The molecule has 43 heavy (non-hydrogen) atoms. The summed E-state index contributed by atoms with van der Waals surface area (Å²) in [6.07, 6.45) is 0. The van der Waals surface area contributed by atoms with E-state index in [9.17, 15) is 0 Å². The average molecular weight is 553 g/mol. The van der Waals surface area contributed by atoms with E-state index in [0.717, 1.165) is 72.6 Å². The first-order chi connectivity index (χ1) is 21.3. The summed E-state index contributed by atoms with van der Waals surface area (Å²) < 4.78 is 8.40. The first kappa shape index (κ1) is 22.6. The van der Waals surface area contributed by atoms with Gasteiger partial charge >= 0.3 is 0 Å². The summed E-state index contributed by atoms with van der Waals surface area (Å²) >= 11 is 0. The fourth-order valence-electron chi connectivity index (χ4n) is 6.56. The van der Waals surface area contributed by atoms with E-state index < -0.39 is 0 Å². The maximum absolute atomic E-state index is 6.26. The molecule has 7 heteroatoms. The van der Waals surface area contributed by atoms with Gasteiger partial charge in [-0.25, -0.2) is 9.97 Å². The zero-order valence-electron chi connectivity index (χ0n) is 22.6. The van der Waals surface area contributed by atoms with Crippen LogP contribution in [0.15, 0.2) is 121 Å². The summed E-state index contributed by atoms with van der Waals surface area (Å²) in [6, 6.07) is 41.0. The highest BCUT2D eigenvalue weighted by molar-refractivity contribution is 6.12. The number of fused-ring (bicyclic) bond motifs is 8. The van der Waals surface area contributed by atoms with E-state index >= 15 is 0 Å². The lowest BCUT2D eigenvalue weighted by atomic mass is 10.1. The van der Waals surface area contributed by atoms with Gasteiger partial charge in [-0.3, -0.25) is 9.47 Å². The highest BCUT2D eigenvalue weighted by Gasteiger charge is 2.32. The van der Waals surface area contributed by atoms with E-state index in [1.807, 2.05) is 60.7 Å². The molecule has 7 nitrogen and oxygen atoms in total. The van der Waals surface area contributed by atoms with E-state index in [2.05, 4.69) is 70.1 Å². The van der Waals surface area contributed by atoms with Gasteiger partial charge in [0.05, 0.1) is 39.2 Å². The van der Waals surface area contributed by atoms with Crippen LogP contribution in [0.1, 0.15) is 0 Å². The van der Waals surface area contributed by atoms with Gasteiger partial charge in [-0.2, -0.15) is 9.97 Å². The third kappa shape index (κ3) is 3.02. The van der Waals surface area contributed by atoms with Crippen LogP contribution in [-0.2, 0) is 0 Å². The molecule has 10 rings (SSSR count). The van der Waals surface area contributed by atoms with Crippen molar-refractivity contribution in [2.24, 2.45) is 0 Å². The number of hydrogen-bond donors (Lipinski definition) is 0. The van der Waals surface area contributed by atoms with Crippen LogP contribution in [0, 0.1) is 0 Å². The molecule has 0 saturated carbocycles. The predicted molar refractivity (Wildman–Crippen MR) is 169 cm³/mol. The normalized spacial score (nSPS) is 12.8. The minimum absolute atomic E-state index is 0.528. The van der Waals surface area contributed by atoms with Gasteiger partial charge in [-0.05, 0) is 36.4 Å². The van der Waals surface area contributed by atoms with Gasteiger partial charge in [0, 0.05) is 21.9 Å². The van der Waals surface area contributed by atoms with Crippen LogP contribution < -0.4 is 9.64 Å². The van der Waals surface area contributed by atoms with Crippen LogP contribution in [0.4, 0.5) is 17.3 Å². The Hall–Kier alpha value is -6.08. The molecule has 2 aliphatic rings. The van der Waals surface area contributed by atoms with Crippen molar-refractivity contribution in [2.75, 3.05) is 4.90 Å². The fraction of sp³-hybridized carbons (Fsp3) is 0. The second-order valence-corrected chi connectivity index (χ2v) is 10.7. The Morgan fingerprint density at radius 2 is 0.953 bits per heavy atom. The highest BCUT2D eigenvalue weighted by atomic mass is 16.5. The summed E-state index contributed by atoms with van der Waals surface area (Å²) in [5.41, 5.74) is 8.17. The van der Waals surface area contributed by atoms with Gasteiger partial charge < -0.3 is 4.74 Å². The van der Waals surface area contributed by atoms with Gasteiger partial charge in [0.15, 0.2) is 17.1 Å². The van der Waals surface area contributed by atoms with Gasteiger partial charge in [-0.1, -0.05) is 84.9 Å². The van der Waals surface area contributed by atoms with E-state index in [-0.39, 0.29) is 0 Å². The zero-order chi connectivity index (χ0) is 28.1. The topological polar surface area (TPSA) is 69.0 Å². The molecular weight excluding hydrogens is 532 g/mol. The molecular formula is C36H20N6O. The van der Waals surface area contributed by atoms with E-state index in [1.165, 1.54) is 0 Å². The quantitative estimate of drug-likeness (QED) is 0.214. The number of benzene rings is 5. The molecule has 1 aliphatic heterocycles. The van der Waals surface area contributed by atoms with Gasteiger partial charge in [0.25, 0.3) is 0 Å². The molecule has 0 atom stereocenters. The number of anilines is 3. The largest absolute Gasteiger partial charge is 0.453 e. The van der Waals surface area contributed by atoms with Crippen molar-refractivity contribution in [3.8, 4) is 40.0 Å². The SMILES string of the molecule is c1ccc2c(c1)Oc1ccccc1N2c1nc2c3c(nc(-n4c5ccccc5c5ccccc54)nc3n1)-c1ccccc1-2. The first-order valence-electron chi connectivity index (χ1n) is 14.2. The van der Waals surface area contributed by atoms with E-state index in [4.69, 9.17) is 24.7 Å². The Morgan fingerprint density at radius 3 is 1.58 bits per heavy atom. The van der Waals surface area contributed by atoms with Crippen LogP contribution >= 0.6 is 0 Å². The maximum atomic E-state index is 6.26. The summed E-state index contributed by atoms with van der Waals surface area (Å²) in [6.45, 7) is 0. The number of nitrogens with zero attached hydrogens (tertiary/aromatic N) is 6. The Balaban J connectivity index is 1.31. The van der Waals surface area contributed by atoms with E-state index in [1.54, 1.807) is 0 Å². The Kier molecular flexibility index (Phi) is 4.33. The molecule has 0 N–H and O–H groups in total. The Labute approximate surface area is 245 Å². The van der Waals surface area contributed by atoms with Crippen LogP contribution in [0.2, 0.25) is 0 Å². The highest BCUT2D eigenvalue weighted by Crippen LogP contribution is 2.51. The summed E-state index contributed by atoms with van der Waals surface area (Å²) in [5, 5.41) is 3.18. The lowest BCUT2D eigenvalue weighted by Crippen LogP contribution is -2.18. The second kappa shape index (κ2) is 8.24. The molecule has 0 unspecified atom stereocenters. The smallest absolute Gasteiger partial charge is 0.237 e. The molecule has 5 aromatic carbocycles. The summed E-state index contributed by atoms with van der Waals surface area (Å²) in [7, 11) is 0. The molecule has 0 saturated heterocycles. The maximum Gasteiger partial charge on any atom is 0.237 e. The fourth-order valence-corrected chi connectivity index (χ4v) is 6.56. The van der Waals surface area contributed by atoms with Crippen LogP contribution in [0.5, 0.6) is 11.5 Å². The lowest BCUT2D eigenvalue weighted by molar-refractivity contribution is 0.476. The zero-order valence-corrected chi connectivity index (χ0v) is 22.6. The van der Waals surface area contributed by atoms with Crippen molar-refractivity contribution in [3.63, 3.8) is 0 Å².